The zero-order valence-electron chi connectivity index (χ0n) is 18.8. The normalized spacial score (nSPS) is 15.8. The van der Waals surface area contributed by atoms with E-state index in [4.69, 9.17) is 9.73 Å². The molecule has 30 heavy (non-hydrogen) atoms. The number of carbonyl (C=O) groups excluding carboxylic acids is 1. The summed E-state index contributed by atoms with van der Waals surface area (Å²) in [5, 5.41) is 6.75. The van der Waals surface area contributed by atoms with Crippen LogP contribution in [0.4, 0.5) is 0 Å². The van der Waals surface area contributed by atoms with Crippen molar-refractivity contribution in [1.29, 1.82) is 0 Å². The van der Waals surface area contributed by atoms with E-state index >= 15 is 0 Å². The lowest BCUT2D eigenvalue weighted by molar-refractivity contribution is 0.0211. The second-order valence-electron chi connectivity index (χ2n) is 7.25. The summed E-state index contributed by atoms with van der Waals surface area (Å²) in [7, 11) is 0. The van der Waals surface area contributed by atoms with E-state index in [1.54, 1.807) is 0 Å². The second-order valence-corrected chi connectivity index (χ2v) is 7.25. The van der Waals surface area contributed by atoms with Crippen LogP contribution in [0.3, 0.4) is 0 Å². The summed E-state index contributed by atoms with van der Waals surface area (Å²) >= 11 is 0. The third-order valence-corrected chi connectivity index (χ3v) is 5.25. The smallest absolute Gasteiger partial charge is 0.253 e. The van der Waals surface area contributed by atoms with Crippen LogP contribution in [0.25, 0.3) is 0 Å². The number of halogens is 1. The van der Waals surface area contributed by atoms with Crippen molar-refractivity contribution < 1.29 is 9.53 Å². The van der Waals surface area contributed by atoms with Crippen LogP contribution < -0.4 is 10.6 Å². The monoisotopic (exact) mass is 531 g/mol. The number of amides is 1. The van der Waals surface area contributed by atoms with E-state index < -0.39 is 0 Å². The molecule has 170 valence electrons. The van der Waals surface area contributed by atoms with Gasteiger partial charge in [-0.25, -0.2) is 4.99 Å². The topological polar surface area (TPSA) is 69.2 Å². The highest BCUT2D eigenvalue weighted by atomic mass is 127. The number of aliphatic imine (C=N–C) groups is 1. The van der Waals surface area contributed by atoms with Crippen LogP contribution in [0.5, 0.6) is 0 Å². The minimum atomic E-state index is 0. The summed E-state index contributed by atoms with van der Waals surface area (Å²) in [6.45, 7) is 15.5. The molecule has 1 unspecified atom stereocenters. The molecule has 1 saturated heterocycles. The van der Waals surface area contributed by atoms with Gasteiger partial charge in [-0.3, -0.25) is 9.69 Å². The Bertz CT molecular complexity index is 643. The van der Waals surface area contributed by atoms with Crippen LogP contribution in [0.15, 0.2) is 29.3 Å². The Morgan fingerprint density at radius 3 is 2.33 bits per heavy atom. The molecule has 0 radical (unpaired) electrons. The van der Waals surface area contributed by atoms with E-state index in [-0.39, 0.29) is 29.9 Å². The number of rotatable bonds is 9. The van der Waals surface area contributed by atoms with E-state index in [9.17, 15) is 4.79 Å². The molecule has 1 atom stereocenters. The first-order valence-electron chi connectivity index (χ1n) is 10.8. The second kappa shape index (κ2) is 14.6. The van der Waals surface area contributed by atoms with Gasteiger partial charge in [-0.2, -0.15) is 0 Å². The molecule has 1 heterocycles. The summed E-state index contributed by atoms with van der Waals surface area (Å²) in [5.74, 6) is 0.896. The van der Waals surface area contributed by atoms with Crippen LogP contribution in [0, 0.1) is 0 Å². The summed E-state index contributed by atoms with van der Waals surface area (Å²) in [6.07, 6.45) is 0. The molecule has 0 aliphatic carbocycles. The molecule has 0 spiro atoms. The molecule has 1 amide bonds. The molecule has 1 aromatic rings. The van der Waals surface area contributed by atoms with Crippen LogP contribution in [-0.4, -0.2) is 80.2 Å². The standard InChI is InChI=1S/C22H37N5O2.HI/c1-5-23-22(24-16-18(4)27-12-14-29-15-13-27)25-17-19-8-10-20(11-9-19)21(28)26(6-2)7-3;/h8-11,18H,5-7,12-17H2,1-4H3,(H2,23,24,25);1H. The van der Waals surface area contributed by atoms with E-state index in [2.05, 4.69) is 29.4 Å². The van der Waals surface area contributed by atoms with Crippen molar-refractivity contribution in [2.24, 2.45) is 4.99 Å². The number of benzene rings is 1. The number of hydrogen-bond donors (Lipinski definition) is 2. The summed E-state index contributed by atoms with van der Waals surface area (Å²) < 4.78 is 5.43. The van der Waals surface area contributed by atoms with Crippen molar-refractivity contribution in [2.75, 3.05) is 52.5 Å². The fraction of sp³-hybridized carbons (Fsp3) is 0.636. The number of hydrogen-bond acceptors (Lipinski definition) is 4. The number of nitrogens with zero attached hydrogens (tertiary/aromatic N) is 3. The lowest BCUT2D eigenvalue weighted by atomic mass is 10.1. The highest BCUT2D eigenvalue weighted by molar-refractivity contribution is 14.0. The Morgan fingerprint density at radius 2 is 1.77 bits per heavy atom. The average Bonchev–Trinajstić information content (AvgIpc) is 2.77. The number of nitrogens with one attached hydrogen (secondary N) is 2. The fourth-order valence-corrected chi connectivity index (χ4v) is 3.35. The van der Waals surface area contributed by atoms with E-state index in [1.807, 2.05) is 43.0 Å². The molecule has 0 saturated carbocycles. The van der Waals surface area contributed by atoms with E-state index in [1.165, 1.54) is 0 Å². The van der Waals surface area contributed by atoms with Gasteiger partial charge in [0.25, 0.3) is 5.91 Å². The van der Waals surface area contributed by atoms with E-state index in [0.29, 0.717) is 12.6 Å². The molecule has 7 nitrogen and oxygen atoms in total. The number of ether oxygens (including phenoxy) is 1. The maximum atomic E-state index is 12.4. The molecule has 8 heteroatoms. The van der Waals surface area contributed by atoms with Crippen molar-refractivity contribution >= 4 is 35.8 Å². The van der Waals surface area contributed by atoms with Gasteiger partial charge in [0, 0.05) is 50.9 Å². The minimum Gasteiger partial charge on any atom is -0.379 e. The molecule has 0 bridgehead atoms. The molecule has 2 rings (SSSR count). The quantitative estimate of drug-likeness (QED) is 0.291. The molecular formula is C22H38IN5O2. The van der Waals surface area contributed by atoms with Crippen molar-refractivity contribution in [1.82, 2.24) is 20.4 Å². The Morgan fingerprint density at radius 1 is 1.13 bits per heavy atom. The van der Waals surface area contributed by atoms with Gasteiger partial charge in [-0.1, -0.05) is 12.1 Å². The first kappa shape index (κ1) is 26.6. The third kappa shape index (κ3) is 8.39. The number of guanidine groups is 1. The predicted octanol–water partition coefficient (Wildman–Crippen LogP) is 2.56. The maximum Gasteiger partial charge on any atom is 0.253 e. The van der Waals surface area contributed by atoms with Gasteiger partial charge in [-0.15, -0.1) is 24.0 Å². The SMILES string of the molecule is CCNC(=NCc1ccc(C(=O)N(CC)CC)cc1)NCC(C)N1CCOCC1.I. The first-order chi connectivity index (χ1) is 14.1. The maximum absolute atomic E-state index is 12.4. The molecule has 1 aliphatic heterocycles. The first-order valence-corrected chi connectivity index (χ1v) is 10.8. The van der Waals surface area contributed by atoms with Crippen molar-refractivity contribution in [3.63, 3.8) is 0 Å². The van der Waals surface area contributed by atoms with Crippen LogP contribution in [0.1, 0.15) is 43.6 Å². The zero-order chi connectivity index (χ0) is 21.1. The number of carbonyl (C=O) groups is 1. The Balaban J connectivity index is 0.00000450. The van der Waals surface area contributed by atoms with Crippen LogP contribution in [0.2, 0.25) is 0 Å². The average molecular weight is 531 g/mol. The highest BCUT2D eigenvalue weighted by Crippen LogP contribution is 2.09. The van der Waals surface area contributed by atoms with Crippen molar-refractivity contribution in [2.45, 2.75) is 40.3 Å². The van der Waals surface area contributed by atoms with Gasteiger partial charge >= 0.3 is 0 Å². The van der Waals surface area contributed by atoms with Crippen LogP contribution >= 0.6 is 24.0 Å². The minimum absolute atomic E-state index is 0. The number of morpholine rings is 1. The molecule has 1 aliphatic rings. The Hall–Kier alpha value is -1.39. The van der Waals surface area contributed by atoms with Gasteiger partial charge in [0.1, 0.15) is 0 Å². The molecule has 1 aromatic carbocycles. The van der Waals surface area contributed by atoms with Gasteiger partial charge in [0.15, 0.2) is 5.96 Å². The van der Waals surface area contributed by atoms with Gasteiger partial charge in [-0.05, 0) is 45.4 Å². The van der Waals surface area contributed by atoms with Gasteiger partial charge in [0.2, 0.25) is 0 Å². The van der Waals surface area contributed by atoms with Gasteiger partial charge in [0.05, 0.1) is 19.8 Å². The molecule has 1 fully saturated rings. The molecule has 2 N–H and O–H groups in total. The van der Waals surface area contributed by atoms with Gasteiger partial charge < -0.3 is 20.3 Å². The molecule has 0 aromatic heterocycles. The zero-order valence-corrected chi connectivity index (χ0v) is 21.1. The largest absolute Gasteiger partial charge is 0.379 e. The lowest BCUT2D eigenvalue weighted by Gasteiger charge is -2.32. The van der Waals surface area contributed by atoms with E-state index in [0.717, 1.165) is 69.6 Å². The summed E-state index contributed by atoms with van der Waals surface area (Å²) in [4.78, 5) is 21.4. The lowest BCUT2D eigenvalue weighted by Crippen LogP contribution is -2.49. The summed E-state index contributed by atoms with van der Waals surface area (Å²) in [5.41, 5.74) is 1.81. The third-order valence-electron chi connectivity index (χ3n) is 5.25. The predicted molar refractivity (Wildman–Crippen MR) is 134 cm³/mol. The molecular weight excluding hydrogens is 493 g/mol. The fourth-order valence-electron chi connectivity index (χ4n) is 3.35. The summed E-state index contributed by atoms with van der Waals surface area (Å²) in [6, 6.07) is 8.19. The van der Waals surface area contributed by atoms with Crippen molar-refractivity contribution in [3.8, 4) is 0 Å². The van der Waals surface area contributed by atoms with Crippen LogP contribution in [-0.2, 0) is 11.3 Å². The van der Waals surface area contributed by atoms with Crippen molar-refractivity contribution in [3.05, 3.63) is 35.4 Å². The highest BCUT2D eigenvalue weighted by Gasteiger charge is 2.17. The Labute approximate surface area is 198 Å². The Kier molecular flexibility index (Phi) is 13.0.